The number of Topliss-reactive ketones (excluding diaryl/α,β-unsaturated/α-hetero) is 1. The van der Waals surface area contributed by atoms with Crippen LogP contribution in [0.25, 0.3) is 0 Å². The number of carbonyl (C=O) groups is 1. The number of nitrogens with zero attached hydrogens (tertiary/aromatic N) is 1. The van der Waals surface area contributed by atoms with Crippen LogP contribution in [0.3, 0.4) is 0 Å². The second-order valence-corrected chi connectivity index (χ2v) is 6.90. The van der Waals surface area contributed by atoms with E-state index in [1.54, 1.807) is 12.1 Å². The molecule has 2 rings (SSSR count). The molecule has 0 spiro atoms. The fourth-order valence-electron chi connectivity index (χ4n) is 2.51. The number of benzene rings is 1. The molecule has 0 aliphatic carbocycles. The number of hydrogen-bond acceptors (Lipinski definition) is 3. The van der Waals surface area contributed by atoms with E-state index in [1.807, 2.05) is 18.2 Å². The molecule has 1 aromatic carbocycles. The molecule has 1 atom stereocenters. The van der Waals surface area contributed by atoms with Crippen molar-refractivity contribution in [2.24, 2.45) is 0 Å². The quantitative estimate of drug-likeness (QED) is 0.847. The first-order valence-corrected chi connectivity index (χ1v) is 8.15. The minimum atomic E-state index is -3.42. The Balaban J connectivity index is 2.20. The van der Waals surface area contributed by atoms with Gasteiger partial charge in [0.2, 0.25) is 10.0 Å². The minimum absolute atomic E-state index is 0.0301. The highest BCUT2D eigenvalue weighted by atomic mass is 32.2. The molecule has 0 bridgehead atoms. The third-order valence-electron chi connectivity index (χ3n) is 3.47. The Morgan fingerprint density at radius 1 is 1.26 bits per heavy atom. The van der Waals surface area contributed by atoms with E-state index < -0.39 is 16.1 Å². The summed E-state index contributed by atoms with van der Waals surface area (Å²) in [5, 5.41) is 0. The zero-order valence-electron chi connectivity index (χ0n) is 11.1. The molecule has 1 aliphatic heterocycles. The van der Waals surface area contributed by atoms with Crippen molar-refractivity contribution in [1.29, 1.82) is 0 Å². The van der Waals surface area contributed by atoms with E-state index in [-0.39, 0.29) is 11.5 Å². The average Bonchev–Trinajstić information content (AvgIpc) is 2.39. The van der Waals surface area contributed by atoms with E-state index in [0.717, 1.165) is 18.4 Å². The molecule has 0 saturated carbocycles. The van der Waals surface area contributed by atoms with Crippen molar-refractivity contribution in [2.75, 3.05) is 6.54 Å². The smallest absolute Gasteiger partial charge is 0.218 e. The predicted molar refractivity (Wildman–Crippen MR) is 74.1 cm³/mol. The summed E-state index contributed by atoms with van der Waals surface area (Å²) in [5.74, 6) is -0.0891. The van der Waals surface area contributed by atoms with Gasteiger partial charge in [0.25, 0.3) is 0 Å². The first kappa shape index (κ1) is 14.2. The van der Waals surface area contributed by atoms with Gasteiger partial charge in [-0.3, -0.25) is 4.79 Å². The lowest BCUT2D eigenvalue weighted by molar-refractivity contribution is -0.121. The van der Waals surface area contributed by atoms with Crippen molar-refractivity contribution in [3.63, 3.8) is 0 Å². The van der Waals surface area contributed by atoms with Gasteiger partial charge in [-0.05, 0) is 25.3 Å². The zero-order chi connectivity index (χ0) is 13.9. The lowest BCUT2D eigenvalue weighted by atomic mass is 10.0. The summed E-state index contributed by atoms with van der Waals surface area (Å²) >= 11 is 0. The molecule has 1 aliphatic rings. The maximum absolute atomic E-state index is 12.4. The highest BCUT2D eigenvalue weighted by molar-refractivity contribution is 7.88. The van der Waals surface area contributed by atoms with E-state index in [2.05, 4.69) is 0 Å². The molecule has 0 aromatic heterocycles. The summed E-state index contributed by atoms with van der Waals surface area (Å²) in [6.07, 6.45) is 2.39. The van der Waals surface area contributed by atoms with Crippen molar-refractivity contribution in [3.8, 4) is 0 Å². The molecule has 1 fully saturated rings. The first-order chi connectivity index (χ1) is 9.00. The second kappa shape index (κ2) is 5.84. The Bertz CT molecular complexity index is 539. The van der Waals surface area contributed by atoms with Crippen LogP contribution < -0.4 is 0 Å². The number of carbonyl (C=O) groups excluding carboxylic acids is 1. The predicted octanol–water partition coefficient (Wildman–Crippen LogP) is 1.96. The van der Waals surface area contributed by atoms with Crippen LogP contribution in [-0.4, -0.2) is 31.1 Å². The van der Waals surface area contributed by atoms with E-state index in [1.165, 1.54) is 11.2 Å². The van der Waals surface area contributed by atoms with Crippen molar-refractivity contribution in [1.82, 2.24) is 4.31 Å². The highest BCUT2D eigenvalue weighted by Crippen LogP contribution is 2.23. The Morgan fingerprint density at radius 3 is 2.58 bits per heavy atom. The fraction of sp³-hybridized carbons (Fsp3) is 0.500. The van der Waals surface area contributed by atoms with Crippen LogP contribution in [0, 0.1) is 0 Å². The topological polar surface area (TPSA) is 54.5 Å². The fourth-order valence-corrected chi connectivity index (χ4v) is 4.34. The first-order valence-electron chi connectivity index (χ1n) is 6.54. The van der Waals surface area contributed by atoms with Gasteiger partial charge < -0.3 is 0 Å². The SMILES string of the molecule is CC(=O)C1CCCCN1S(=O)(=O)Cc1ccccc1. The molecular weight excluding hydrogens is 262 g/mol. The van der Waals surface area contributed by atoms with Crippen molar-refractivity contribution in [3.05, 3.63) is 35.9 Å². The van der Waals surface area contributed by atoms with Crippen LogP contribution in [0.4, 0.5) is 0 Å². The molecule has 4 nitrogen and oxygen atoms in total. The van der Waals surface area contributed by atoms with Crippen molar-refractivity contribution < 1.29 is 13.2 Å². The van der Waals surface area contributed by atoms with Gasteiger partial charge >= 0.3 is 0 Å². The van der Waals surface area contributed by atoms with Crippen LogP contribution in [0.5, 0.6) is 0 Å². The summed E-state index contributed by atoms with van der Waals surface area (Å²) in [6.45, 7) is 1.93. The monoisotopic (exact) mass is 281 g/mol. The molecule has 1 aromatic rings. The summed E-state index contributed by atoms with van der Waals surface area (Å²) in [6, 6.07) is 8.62. The van der Waals surface area contributed by atoms with E-state index >= 15 is 0 Å². The van der Waals surface area contributed by atoms with Crippen molar-refractivity contribution in [2.45, 2.75) is 38.0 Å². The van der Waals surface area contributed by atoms with Gasteiger partial charge in [-0.2, -0.15) is 4.31 Å². The van der Waals surface area contributed by atoms with Crippen LogP contribution in [0.15, 0.2) is 30.3 Å². The Labute approximate surface area is 114 Å². The average molecular weight is 281 g/mol. The minimum Gasteiger partial charge on any atom is -0.298 e. The summed E-state index contributed by atoms with van der Waals surface area (Å²) in [7, 11) is -3.42. The summed E-state index contributed by atoms with van der Waals surface area (Å²) in [5.41, 5.74) is 0.760. The number of hydrogen-bond donors (Lipinski definition) is 0. The van der Waals surface area contributed by atoms with Gasteiger partial charge in [0.1, 0.15) is 5.78 Å². The number of rotatable bonds is 4. The molecule has 0 amide bonds. The third-order valence-corrected chi connectivity index (χ3v) is 5.32. The standard InChI is InChI=1S/C14H19NO3S/c1-12(16)14-9-5-6-10-15(14)19(17,18)11-13-7-3-2-4-8-13/h2-4,7-8,14H,5-6,9-11H2,1H3. The van der Waals surface area contributed by atoms with Gasteiger partial charge in [0, 0.05) is 6.54 Å². The van der Waals surface area contributed by atoms with Crippen LogP contribution in [0.1, 0.15) is 31.7 Å². The Morgan fingerprint density at radius 2 is 1.95 bits per heavy atom. The molecule has 19 heavy (non-hydrogen) atoms. The maximum Gasteiger partial charge on any atom is 0.218 e. The molecule has 104 valence electrons. The zero-order valence-corrected chi connectivity index (χ0v) is 11.9. The molecule has 1 heterocycles. The van der Waals surface area contributed by atoms with Gasteiger partial charge in [0.15, 0.2) is 0 Å². The van der Waals surface area contributed by atoms with Crippen LogP contribution in [-0.2, 0) is 20.6 Å². The molecule has 5 heteroatoms. The van der Waals surface area contributed by atoms with Gasteiger partial charge in [-0.1, -0.05) is 36.8 Å². The molecular formula is C14H19NO3S. The number of sulfonamides is 1. The van der Waals surface area contributed by atoms with E-state index in [4.69, 9.17) is 0 Å². The van der Waals surface area contributed by atoms with Crippen LogP contribution >= 0.6 is 0 Å². The second-order valence-electron chi connectivity index (χ2n) is 4.97. The van der Waals surface area contributed by atoms with Gasteiger partial charge in [-0.15, -0.1) is 0 Å². The number of ketones is 1. The van der Waals surface area contributed by atoms with Gasteiger partial charge in [0.05, 0.1) is 11.8 Å². The number of piperidine rings is 1. The molecule has 0 radical (unpaired) electrons. The van der Waals surface area contributed by atoms with E-state index in [0.29, 0.717) is 13.0 Å². The van der Waals surface area contributed by atoms with E-state index in [9.17, 15) is 13.2 Å². The largest absolute Gasteiger partial charge is 0.298 e. The Hall–Kier alpha value is -1.20. The van der Waals surface area contributed by atoms with Crippen molar-refractivity contribution >= 4 is 15.8 Å². The summed E-state index contributed by atoms with van der Waals surface area (Å²) < 4.78 is 26.3. The lowest BCUT2D eigenvalue weighted by Gasteiger charge is -2.33. The van der Waals surface area contributed by atoms with Gasteiger partial charge in [-0.25, -0.2) is 8.42 Å². The van der Waals surface area contributed by atoms with Crippen LogP contribution in [0.2, 0.25) is 0 Å². The molecule has 1 saturated heterocycles. The normalized spacial score (nSPS) is 21.2. The molecule has 0 N–H and O–H groups in total. The molecule has 1 unspecified atom stereocenters. The third kappa shape index (κ3) is 3.42. The maximum atomic E-state index is 12.4. The summed E-state index contributed by atoms with van der Waals surface area (Å²) in [4.78, 5) is 11.6. The highest BCUT2D eigenvalue weighted by Gasteiger charge is 2.34. The Kier molecular flexibility index (Phi) is 4.37. The lowest BCUT2D eigenvalue weighted by Crippen LogP contribution is -2.47.